The first-order valence-corrected chi connectivity index (χ1v) is 11.0. The van der Waals surface area contributed by atoms with Crippen LogP contribution in [-0.2, 0) is 11.2 Å². The standard InChI is InChI=1S/C23H36N4O/c1-24-23(25-14-7-12-19-10-5-6-11-19)26-17-21-16-22(28)27(18-21)15-13-20-8-3-2-4-9-20/h2-4,8-9,19,21H,5-7,10-18H2,1H3,(H2,24,25,26). The van der Waals surface area contributed by atoms with Crippen LogP contribution in [0.1, 0.15) is 50.5 Å². The maximum atomic E-state index is 12.3. The molecule has 1 amide bonds. The van der Waals surface area contributed by atoms with Crippen LogP contribution in [0.3, 0.4) is 0 Å². The molecule has 0 spiro atoms. The number of aliphatic imine (C=N–C) groups is 1. The largest absolute Gasteiger partial charge is 0.356 e. The minimum absolute atomic E-state index is 0.280. The molecule has 1 saturated heterocycles. The molecular weight excluding hydrogens is 348 g/mol. The lowest BCUT2D eigenvalue weighted by Crippen LogP contribution is -2.40. The van der Waals surface area contributed by atoms with Crippen molar-refractivity contribution in [1.29, 1.82) is 0 Å². The maximum Gasteiger partial charge on any atom is 0.223 e. The van der Waals surface area contributed by atoms with E-state index in [2.05, 4.69) is 39.9 Å². The zero-order valence-corrected chi connectivity index (χ0v) is 17.3. The summed E-state index contributed by atoms with van der Waals surface area (Å²) in [5.41, 5.74) is 1.29. The monoisotopic (exact) mass is 384 g/mol. The van der Waals surface area contributed by atoms with Gasteiger partial charge in [0.25, 0.3) is 0 Å². The van der Waals surface area contributed by atoms with Gasteiger partial charge < -0.3 is 15.5 Å². The summed E-state index contributed by atoms with van der Waals surface area (Å²) in [4.78, 5) is 18.6. The molecular formula is C23H36N4O. The summed E-state index contributed by atoms with van der Waals surface area (Å²) in [5.74, 6) is 2.45. The topological polar surface area (TPSA) is 56.7 Å². The molecule has 0 radical (unpaired) electrons. The first-order valence-electron chi connectivity index (χ1n) is 11.0. The van der Waals surface area contributed by atoms with Crippen LogP contribution in [0.25, 0.3) is 0 Å². The first-order chi connectivity index (χ1) is 13.7. The third-order valence-corrected chi connectivity index (χ3v) is 6.15. The van der Waals surface area contributed by atoms with Crippen LogP contribution in [0.5, 0.6) is 0 Å². The molecule has 28 heavy (non-hydrogen) atoms. The Bertz CT molecular complexity index is 625. The number of carbonyl (C=O) groups is 1. The number of rotatable bonds is 9. The van der Waals surface area contributed by atoms with Crippen molar-refractivity contribution in [1.82, 2.24) is 15.5 Å². The summed E-state index contributed by atoms with van der Waals surface area (Å²) in [6, 6.07) is 10.4. The number of hydrogen-bond acceptors (Lipinski definition) is 2. The van der Waals surface area contributed by atoms with Crippen molar-refractivity contribution in [2.45, 2.75) is 51.4 Å². The molecule has 2 N–H and O–H groups in total. The molecule has 1 aromatic carbocycles. The first kappa shape index (κ1) is 20.7. The number of carbonyl (C=O) groups excluding carboxylic acids is 1. The lowest BCUT2D eigenvalue weighted by atomic mass is 10.0. The number of nitrogens with one attached hydrogen (secondary N) is 2. The molecule has 1 atom stereocenters. The molecule has 0 bridgehead atoms. The van der Waals surface area contributed by atoms with Gasteiger partial charge in [0.15, 0.2) is 5.96 Å². The van der Waals surface area contributed by atoms with E-state index in [4.69, 9.17) is 0 Å². The number of benzene rings is 1. The lowest BCUT2D eigenvalue weighted by Gasteiger charge is -2.18. The number of nitrogens with zero attached hydrogens (tertiary/aromatic N) is 2. The van der Waals surface area contributed by atoms with E-state index in [1.165, 1.54) is 44.1 Å². The van der Waals surface area contributed by atoms with Crippen molar-refractivity contribution in [3.05, 3.63) is 35.9 Å². The van der Waals surface area contributed by atoms with Gasteiger partial charge >= 0.3 is 0 Å². The quantitative estimate of drug-likeness (QED) is 0.390. The molecule has 1 aromatic rings. The van der Waals surface area contributed by atoms with Crippen LogP contribution in [0, 0.1) is 11.8 Å². The SMILES string of the molecule is CN=C(NCCCC1CCCC1)NCC1CC(=O)N(CCc2ccccc2)C1. The van der Waals surface area contributed by atoms with Gasteiger partial charge in [0, 0.05) is 45.6 Å². The van der Waals surface area contributed by atoms with Crippen molar-refractivity contribution in [2.75, 3.05) is 33.2 Å². The second-order valence-electron chi connectivity index (χ2n) is 8.32. The zero-order chi connectivity index (χ0) is 19.6. The van der Waals surface area contributed by atoms with Gasteiger partial charge in [0.1, 0.15) is 0 Å². The van der Waals surface area contributed by atoms with Crippen molar-refractivity contribution in [3.8, 4) is 0 Å². The van der Waals surface area contributed by atoms with Crippen LogP contribution in [0.15, 0.2) is 35.3 Å². The van der Waals surface area contributed by atoms with Crippen LogP contribution in [0.2, 0.25) is 0 Å². The van der Waals surface area contributed by atoms with Gasteiger partial charge in [0.05, 0.1) is 0 Å². The Morgan fingerprint density at radius 3 is 2.68 bits per heavy atom. The third kappa shape index (κ3) is 6.54. The molecule has 154 valence electrons. The highest BCUT2D eigenvalue weighted by Gasteiger charge is 2.29. The smallest absolute Gasteiger partial charge is 0.223 e. The predicted molar refractivity (Wildman–Crippen MR) is 115 cm³/mol. The normalized spacial score (nSPS) is 20.8. The molecule has 0 aromatic heterocycles. The highest BCUT2D eigenvalue weighted by molar-refractivity contribution is 5.80. The average molecular weight is 385 g/mol. The Morgan fingerprint density at radius 2 is 1.93 bits per heavy atom. The molecule has 1 aliphatic heterocycles. The summed E-state index contributed by atoms with van der Waals surface area (Å²) in [6.07, 6.45) is 9.79. The second-order valence-corrected chi connectivity index (χ2v) is 8.32. The highest BCUT2D eigenvalue weighted by atomic mass is 16.2. The molecule has 2 fully saturated rings. The Morgan fingerprint density at radius 1 is 1.14 bits per heavy atom. The van der Waals surface area contributed by atoms with Crippen LogP contribution in [-0.4, -0.2) is 50.0 Å². The summed E-state index contributed by atoms with van der Waals surface area (Å²) in [5, 5.41) is 6.84. The van der Waals surface area contributed by atoms with E-state index in [1.54, 1.807) is 0 Å². The van der Waals surface area contributed by atoms with Crippen LogP contribution < -0.4 is 10.6 Å². The minimum atomic E-state index is 0.280. The number of likely N-dealkylation sites (tertiary alicyclic amines) is 1. The van der Waals surface area contributed by atoms with Gasteiger partial charge in [0.2, 0.25) is 5.91 Å². The Hall–Kier alpha value is -2.04. The maximum absolute atomic E-state index is 12.3. The summed E-state index contributed by atoms with van der Waals surface area (Å²) >= 11 is 0. The number of amides is 1. The van der Waals surface area contributed by atoms with E-state index >= 15 is 0 Å². The van der Waals surface area contributed by atoms with Gasteiger partial charge in [-0.1, -0.05) is 56.0 Å². The summed E-state index contributed by atoms with van der Waals surface area (Å²) in [6.45, 7) is 3.43. The van der Waals surface area contributed by atoms with Crippen LogP contribution >= 0.6 is 0 Å². The Kier molecular flexibility index (Phi) is 8.19. The van der Waals surface area contributed by atoms with E-state index in [-0.39, 0.29) is 5.91 Å². The van der Waals surface area contributed by atoms with Crippen molar-refractivity contribution in [3.63, 3.8) is 0 Å². The predicted octanol–water partition coefficient (Wildman–Crippen LogP) is 3.21. The Labute approximate surface area is 170 Å². The van der Waals surface area contributed by atoms with Crippen molar-refractivity contribution in [2.24, 2.45) is 16.8 Å². The average Bonchev–Trinajstić information content (AvgIpc) is 3.36. The van der Waals surface area contributed by atoms with E-state index in [9.17, 15) is 4.79 Å². The van der Waals surface area contributed by atoms with E-state index in [0.29, 0.717) is 12.3 Å². The molecule has 3 rings (SSSR count). The highest BCUT2D eigenvalue weighted by Crippen LogP contribution is 2.28. The fourth-order valence-electron chi connectivity index (χ4n) is 4.47. The zero-order valence-electron chi connectivity index (χ0n) is 17.3. The third-order valence-electron chi connectivity index (χ3n) is 6.15. The molecule has 5 heteroatoms. The molecule has 1 unspecified atom stereocenters. The summed E-state index contributed by atoms with van der Waals surface area (Å²) in [7, 11) is 1.82. The van der Waals surface area contributed by atoms with Gasteiger partial charge in [-0.3, -0.25) is 9.79 Å². The molecule has 2 aliphatic rings. The second kappa shape index (κ2) is 11.1. The van der Waals surface area contributed by atoms with E-state index in [0.717, 1.165) is 44.5 Å². The van der Waals surface area contributed by atoms with Gasteiger partial charge in [-0.05, 0) is 30.7 Å². The molecule has 1 saturated carbocycles. The van der Waals surface area contributed by atoms with E-state index < -0.39 is 0 Å². The fourth-order valence-corrected chi connectivity index (χ4v) is 4.47. The van der Waals surface area contributed by atoms with Crippen molar-refractivity contribution >= 4 is 11.9 Å². The molecule has 1 aliphatic carbocycles. The Balaban J connectivity index is 1.31. The van der Waals surface area contributed by atoms with Crippen LogP contribution in [0.4, 0.5) is 0 Å². The van der Waals surface area contributed by atoms with Gasteiger partial charge in [-0.15, -0.1) is 0 Å². The van der Waals surface area contributed by atoms with Gasteiger partial charge in [-0.25, -0.2) is 0 Å². The molecule has 1 heterocycles. The lowest BCUT2D eigenvalue weighted by molar-refractivity contribution is -0.127. The summed E-state index contributed by atoms with van der Waals surface area (Å²) < 4.78 is 0. The molecule has 5 nitrogen and oxygen atoms in total. The van der Waals surface area contributed by atoms with Crippen molar-refractivity contribution < 1.29 is 4.79 Å². The van der Waals surface area contributed by atoms with E-state index in [1.807, 2.05) is 18.0 Å². The minimum Gasteiger partial charge on any atom is -0.356 e. The number of hydrogen-bond donors (Lipinski definition) is 2. The fraction of sp³-hybridized carbons (Fsp3) is 0.652. The van der Waals surface area contributed by atoms with Gasteiger partial charge in [-0.2, -0.15) is 0 Å². The number of guanidine groups is 1.